The molecule has 4 rings (SSSR count). The highest BCUT2D eigenvalue weighted by Gasteiger charge is 2.27. The lowest BCUT2D eigenvalue weighted by Crippen LogP contribution is -2.43. The van der Waals surface area contributed by atoms with E-state index in [-0.39, 0.29) is 19.1 Å². The molecule has 7 nitrogen and oxygen atoms in total. The quantitative estimate of drug-likeness (QED) is 0.777. The summed E-state index contributed by atoms with van der Waals surface area (Å²) >= 11 is 0. The lowest BCUT2D eigenvalue weighted by atomic mass is 10.1. The molecule has 0 unspecified atom stereocenters. The van der Waals surface area contributed by atoms with E-state index in [1.165, 1.54) is 0 Å². The summed E-state index contributed by atoms with van der Waals surface area (Å²) in [5, 5.41) is 6.68. The van der Waals surface area contributed by atoms with Gasteiger partial charge in [0, 0.05) is 5.56 Å². The molecule has 1 N–H and O–H groups in total. The van der Waals surface area contributed by atoms with Crippen LogP contribution in [0.2, 0.25) is 0 Å². The third-order valence-electron chi connectivity index (χ3n) is 3.99. The summed E-state index contributed by atoms with van der Waals surface area (Å²) in [5.41, 5.74) is 2.01. The zero-order valence-corrected chi connectivity index (χ0v) is 14.1. The molecule has 0 saturated carbocycles. The molecule has 0 saturated heterocycles. The number of para-hydroxylation sites is 2. The largest absolute Gasteiger partial charge is 0.485 e. The average molecular weight is 351 g/mol. The van der Waals surface area contributed by atoms with Crippen LogP contribution in [0.15, 0.2) is 53.1 Å². The summed E-state index contributed by atoms with van der Waals surface area (Å²) in [6.45, 7) is 2.29. The van der Waals surface area contributed by atoms with E-state index >= 15 is 0 Å². The first-order valence-corrected chi connectivity index (χ1v) is 8.25. The molecule has 1 aromatic heterocycles. The van der Waals surface area contributed by atoms with E-state index in [2.05, 4.69) is 15.5 Å². The van der Waals surface area contributed by atoms with Gasteiger partial charge in [-0.3, -0.25) is 4.79 Å². The van der Waals surface area contributed by atoms with Gasteiger partial charge < -0.3 is 19.3 Å². The average Bonchev–Trinajstić information content (AvgIpc) is 3.15. The van der Waals surface area contributed by atoms with Gasteiger partial charge in [0.25, 0.3) is 5.91 Å². The highest BCUT2D eigenvalue weighted by atomic mass is 16.6. The SMILES string of the molecule is Cc1ccc(-c2noc(CNC(=O)[C@@H]3COc4ccccc4O3)n2)cc1. The van der Waals surface area contributed by atoms with Crippen LogP contribution < -0.4 is 14.8 Å². The molecule has 1 atom stereocenters. The first-order valence-electron chi connectivity index (χ1n) is 8.25. The van der Waals surface area contributed by atoms with E-state index in [4.69, 9.17) is 14.0 Å². The van der Waals surface area contributed by atoms with Crippen molar-refractivity contribution in [1.82, 2.24) is 15.5 Å². The third-order valence-corrected chi connectivity index (χ3v) is 3.99. The Balaban J connectivity index is 1.36. The summed E-state index contributed by atoms with van der Waals surface area (Å²) < 4.78 is 16.4. The first-order chi connectivity index (χ1) is 12.7. The second kappa shape index (κ2) is 6.87. The van der Waals surface area contributed by atoms with Crippen LogP contribution in [0, 0.1) is 6.92 Å². The van der Waals surface area contributed by atoms with Crippen LogP contribution in [0.25, 0.3) is 11.4 Å². The minimum atomic E-state index is -0.718. The van der Waals surface area contributed by atoms with Crippen molar-refractivity contribution in [3.8, 4) is 22.9 Å². The van der Waals surface area contributed by atoms with E-state index in [0.717, 1.165) is 11.1 Å². The Kier molecular flexibility index (Phi) is 4.27. The number of hydrogen-bond acceptors (Lipinski definition) is 6. The Hall–Kier alpha value is -3.35. The Morgan fingerprint density at radius 2 is 1.92 bits per heavy atom. The number of rotatable bonds is 4. The van der Waals surface area contributed by atoms with Gasteiger partial charge in [-0.25, -0.2) is 0 Å². The van der Waals surface area contributed by atoms with Crippen molar-refractivity contribution in [1.29, 1.82) is 0 Å². The predicted octanol–water partition coefficient (Wildman–Crippen LogP) is 2.50. The smallest absolute Gasteiger partial charge is 0.265 e. The van der Waals surface area contributed by atoms with Crippen molar-refractivity contribution in [3.05, 3.63) is 60.0 Å². The fourth-order valence-corrected chi connectivity index (χ4v) is 2.57. The maximum absolute atomic E-state index is 12.3. The summed E-state index contributed by atoms with van der Waals surface area (Å²) in [5.74, 6) is 1.70. The number of carbonyl (C=O) groups excluding carboxylic acids is 1. The number of amides is 1. The number of benzene rings is 2. The highest BCUT2D eigenvalue weighted by Crippen LogP contribution is 2.30. The van der Waals surface area contributed by atoms with Crippen molar-refractivity contribution in [2.45, 2.75) is 19.6 Å². The van der Waals surface area contributed by atoms with Crippen LogP contribution in [0.4, 0.5) is 0 Å². The van der Waals surface area contributed by atoms with Gasteiger partial charge in [0.05, 0.1) is 6.54 Å². The lowest BCUT2D eigenvalue weighted by Gasteiger charge is -2.25. The molecule has 1 aliphatic rings. The molecule has 132 valence electrons. The molecular weight excluding hydrogens is 334 g/mol. The van der Waals surface area contributed by atoms with E-state index in [9.17, 15) is 4.79 Å². The van der Waals surface area contributed by atoms with Crippen molar-refractivity contribution >= 4 is 5.91 Å². The molecule has 0 radical (unpaired) electrons. The fourth-order valence-electron chi connectivity index (χ4n) is 2.57. The lowest BCUT2D eigenvalue weighted by molar-refractivity contribution is -0.130. The molecular formula is C19H17N3O4. The topological polar surface area (TPSA) is 86.5 Å². The maximum Gasteiger partial charge on any atom is 0.265 e. The van der Waals surface area contributed by atoms with Crippen LogP contribution >= 0.6 is 0 Å². The Morgan fingerprint density at radius 1 is 1.15 bits per heavy atom. The van der Waals surface area contributed by atoms with Crippen LogP contribution in [-0.2, 0) is 11.3 Å². The van der Waals surface area contributed by atoms with E-state index in [0.29, 0.717) is 23.2 Å². The van der Waals surface area contributed by atoms with E-state index in [1.54, 1.807) is 12.1 Å². The number of aromatic nitrogens is 2. The van der Waals surface area contributed by atoms with Gasteiger partial charge in [0.1, 0.15) is 6.61 Å². The summed E-state index contributed by atoms with van der Waals surface area (Å²) in [7, 11) is 0. The molecule has 0 bridgehead atoms. The van der Waals surface area contributed by atoms with Gasteiger partial charge in [0.2, 0.25) is 17.8 Å². The molecule has 1 amide bonds. The van der Waals surface area contributed by atoms with Gasteiger partial charge in [-0.05, 0) is 19.1 Å². The van der Waals surface area contributed by atoms with Gasteiger partial charge >= 0.3 is 0 Å². The van der Waals surface area contributed by atoms with E-state index in [1.807, 2.05) is 43.3 Å². The van der Waals surface area contributed by atoms with Crippen molar-refractivity contribution in [2.24, 2.45) is 0 Å². The minimum absolute atomic E-state index is 0.124. The number of hydrogen-bond donors (Lipinski definition) is 1. The molecule has 0 spiro atoms. The number of nitrogens with zero attached hydrogens (tertiary/aromatic N) is 2. The molecule has 0 fully saturated rings. The third kappa shape index (κ3) is 3.37. The maximum atomic E-state index is 12.3. The molecule has 2 heterocycles. The van der Waals surface area contributed by atoms with Gasteiger partial charge in [-0.2, -0.15) is 4.98 Å². The standard InChI is InChI=1S/C19H17N3O4/c1-12-6-8-13(9-7-12)18-21-17(26-22-18)10-20-19(23)16-11-24-14-4-2-3-5-15(14)25-16/h2-9,16H,10-11H2,1H3,(H,20,23)/t16-/m0/s1. The van der Waals surface area contributed by atoms with Gasteiger partial charge in [0.15, 0.2) is 11.5 Å². The first kappa shape index (κ1) is 16.1. The molecule has 2 aromatic carbocycles. The van der Waals surface area contributed by atoms with Gasteiger partial charge in [-0.15, -0.1) is 0 Å². The Morgan fingerprint density at radius 3 is 2.73 bits per heavy atom. The number of ether oxygens (including phenoxy) is 2. The zero-order chi connectivity index (χ0) is 17.9. The normalized spacial score (nSPS) is 15.5. The predicted molar refractivity (Wildman–Crippen MR) is 92.7 cm³/mol. The summed E-state index contributed by atoms with van der Waals surface area (Å²) in [6, 6.07) is 15.0. The van der Waals surface area contributed by atoms with Crippen LogP contribution in [0.3, 0.4) is 0 Å². The number of carbonyl (C=O) groups is 1. The van der Waals surface area contributed by atoms with Crippen molar-refractivity contribution in [3.63, 3.8) is 0 Å². The molecule has 1 aliphatic heterocycles. The number of aryl methyl sites for hydroxylation is 1. The molecule has 0 aliphatic carbocycles. The monoisotopic (exact) mass is 351 g/mol. The van der Waals surface area contributed by atoms with Crippen LogP contribution in [0.5, 0.6) is 11.5 Å². The Bertz CT molecular complexity index is 921. The minimum Gasteiger partial charge on any atom is -0.485 e. The number of fused-ring (bicyclic) bond motifs is 1. The highest BCUT2D eigenvalue weighted by molar-refractivity contribution is 5.81. The summed E-state index contributed by atoms with van der Waals surface area (Å²) in [4.78, 5) is 16.6. The van der Waals surface area contributed by atoms with Gasteiger partial charge in [-0.1, -0.05) is 47.1 Å². The second-order valence-electron chi connectivity index (χ2n) is 5.96. The second-order valence-corrected chi connectivity index (χ2v) is 5.96. The van der Waals surface area contributed by atoms with Crippen molar-refractivity contribution in [2.75, 3.05) is 6.61 Å². The van der Waals surface area contributed by atoms with Crippen LogP contribution in [0.1, 0.15) is 11.5 Å². The van der Waals surface area contributed by atoms with E-state index < -0.39 is 6.10 Å². The zero-order valence-electron chi connectivity index (χ0n) is 14.1. The van der Waals surface area contributed by atoms with Crippen molar-refractivity contribution < 1.29 is 18.8 Å². The van der Waals surface area contributed by atoms with Crippen LogP contribution in [-0.4, -0.2) is 28.8 Å². The number of nitrogens with one attached hydrogen (secondary N) is 1. The molecule has 26 heavy (non-hydrogen) atoms. The molecule has 3 aromatic rings. The Labute approximate surface area is 149 Å². The summed E-state index contributed by atoms with van der Waals surface area (Å²) in [6.07, 6.45) is -0.718. The molecule has 7 heteroatoms. The fraction of sp³-hybridized carbons (Fsp3) is 0.211.